The Hall–Kier alpha value is -4.62. The summed E-state index contributed by atoms with van der Waals surface area (Å²) in [6.07, 6.45) is -5.08. The summed E-state index contributed by atoms with van der Waals surface area (Å²) in [5.74, 6) is -1.68. The van der Waals surface area contributed by atoms with E-state index in [0.717, 1.165) is 5.39 Å². The van der Waals surface area contributed by atoms with Gasteiger partial charge in [-0.2, -0.15) is 18.2 Å². The molecule has 14 heteroatoms. The SMILES string of the molecule is COc1cc(OC)c2nc(Nc3nc(O)c4c(O)cccc4n3)nc(C)c2c1.O=C(O)C(F)(F)F. The third kappa shape index (κ3) is 5.48. The van der Waals surface area contributed by atoms with Crippen LogP contribution in [-0.4, -0.2) is 61.6 Å². The number of alkyl halides is 3. The van der Waals surface area contributed by atoms with E-state index in [1.807, 2.05) is 13.0 Å². The number of aryl methyl sites for hydroxylation is 1. The van der Waals surface area contributed by atoms with E-state index in [1.165, 1.54) is 6.07 Å². The summed E-state index contributed by atoms with van der Waals surface area (Å²) >= 11 is 0. The van der Waals surface area contributed by atoms with Gasteiger partial charge in [-0.25, -0.2) is 19.7 Å². The molecule has 2 aromatic carbocycles. The molecule has 0 fully saturated rings. The lowest BCUT2D eigenvalue weighted by Gasteiger charge is -2.12. The Bertz CT molecular complexity index is 1410. The third-order valence-electron chi connectivity index (χ3n) is 4.53. The molecule has 0 radical (unpaired) electrons. The minimum Gasteiger partial charge on any atom is -0.507 e. The molecule has 0 atom stereocenters. The van der Waals surface area contributed by atoms with Gasteiger partial charge in [0.1, 0.15) is 28.2 Å². The highest BCUT2D eigenvalue weighted by molar-refractivity contribution is 5.91. The predicted molar refractivity (Wildman–Crippen MR) is 117 cm³/mol. The molecule has 184 valence electrons. The number of nitrogens with zero attached hydrogens (tertiary/aromatic N) is 4. The lowest BCUT2D eigenvalue weighted by molar-refractivity contribution is -0.192. The van der Waals surface area contributed by atoms with Gasteiger partial charge in [0.25, 0.3) is 0 Å². The molecular weight excluding hydrogens is 475 g/mol. The standard InChI is InChI=1S/C19H17N5O4.C2HF3O2/c1-9-11-7-10(27-2)8-14(28-3)16(11)22-18(20-9)24-19-21-12-5-4-6-13(25)15(12)17(26)23-19;3-2(4,5)1(6)7/h4-8,25H,1-3H3,(H2,20,21,22,23,24,26);(H,6,7). The lowest BCUT2D eigenvalue weighted by atomic mass is 10.1. The van der Waals surface area contributed by atoms with E-state index in [2.05, 4.69) is 25.3 Å². The van der Waals surface area contributed by atoms with E-state index in [4.69, 9.17) is 19.4 Å². The maximum absolute atomic E-state index is 10.6. The molecule has 2 aromatic heterocycles. The number of anilines is 2. The van der Waals surface area contributed by atoms with Gasteiger partial charge in [0.2, 0.25) is 17.8 Å². The summed E-state index contributed by atoms with van der Waals surface area (Å²) in [6, 6.07) is 8.30. The summed E-state index contributed by atoms with van der Waals surface area (Å²) in [5, 5.41) is 31.0. The van der Waals surface area contributed by atoms with Crippen molar-refractivity contribution in [2.45, 2.75) is 13.1 Å². The smallest absolute Gasteiger partial charge is 0.490 e. The number of hydrogen-bond acceptors (Lipinski definition) is 10. The van der Waals surface area contributed by atoms with Crippen LogP contribution in [0, 0.1) is 6.92 Å². The van der Waals surface area contributed by atoms with Crippen LogP contribution in [0.4, 0.5) is 25.1 Å². The molecular formula is C21H18F3N5O6. The van der Waals surface area contributed by atoms with Gasteiger partial charge in [0.15, 0.2) is 0 Å². The van der Waals surface area contributed by atoms with Crippen LogP contribution in [-0.2, 0) is 4.79 Å². The van der Waals surface area contributed by atoms with Crippen LogP contribution in [0.3, 0.4) is 0 Å². The van der Waals surface area contributed by atoms with Gasteiger partial charge in [0.05, 0.1) is 25.4 Å². The highest BCUT2D eigenvalue weighted by atomic mass is 19.4. The number of aromatic nitrogens is 4. The normalized spacial score (nSPS) is 11.0. The van der Waals surface area contributed by atoms with Crippen molar-refractivity contribution in [3.05, 3.63) is 36.0 Å². The first kappa shape index (κ1) is 25.0. The molecule has 0 amide bonds. The zero-order valence-corrected chi connectivity index (χ0v) is 18.4. The van der Waals surface area contributed by atoms with Crippen molar-refractivity contribution in [3.63, 3.8) is 0 Å². The highest BCUT2D eigenvalue weighted by Crippen LogP contribution is 2.33. The Morgan fingerprint density at radius 3 is 2.26 bits per heavy atom. The van der Waals surface area contributed by atoms with Crippen LogP contribution in [0.5, 0.6) is 23.1 Å². The second-order valence-corrected chi connectivity index (χ2v) is 6.83. The fraction of sp³-hybridized carbons (Fsp3) is 0.190. The number of benzene rings is 2. The molecule has 4 aromatic rings. The van der Waals surface area contributed by atoms with Crippen LogP contribution in [0.25, 0.3) is 21.8 Å². The molecule has 4 N–H and O–H groups in total. The quantitative estimate of drug-likeness (QED) is 0.328. The number of ether oxygens (including phenoxy) is 2. The number of fused-ring (bicyclic) bond motifs is 2. The Labute approximate surface area is 194 Å². The van der Waals surface area contributed by atoms with Crippen molar-refractivity contribution in [1.29, 1.82) is 0 Å². The summed E-state index contributed by atoms with van der Waals surface area (Å²) in [7, 11) is 3.13. The van der Waals surface area contributed by atoms with Gasteiger partial charge in [0, 0.05) is 11.5 Å². The third-order valence-corrected chi connectivity index (χ3v) is 4.53. The van der Waals surface area contributed by atoms with Gasteiger partial charge in [-0.15, -0.1) is 0 Å². The van der Waals surface area contributed by atoms with Crippen molar-refractivity contribution < 1.29 is 42.8 Å². The van der Waals surface area contributed by atoms with E-state index in [9.17, 15) is 23.4 Å². The first-order valence-electron chi connectivity index (χ1n) is 9.60. The average molecular weight is 493 g/mol. The lowest BCUT2D eigenvalue weighted by Crippen LogP contribution is -2.21. The van der Waals surface area contributed by atoms with Crippen molar-refractivity contribution >= 4 is 39.7 Å². The molecule has 35 heavy (non-hydrogen) atoms. The number of aliphatic carboxylic acids is 1. The van der Waals surface area contributed by atoms with Crippen LogP contribution >= 0.6 is 0 Å². The Kier molecular flexibility index (Phi) is 6.93. The Morgan fingerprint density at radius 1 is 1.00 bits per heavy atom. The van der Waals surface area contributed by atoms with E-state index in [1.54, 1.807) is 32.4 Å². The monoisotopic (exact) mass is 493 g/mol. The first-order chi connectivity index (χ1) is 16.4. The molecule has 4 rings (SSSR count). The Morgan fingerprint density at radius 2 is 1.66 bits per heavy atom. The molecule has 11 nitrogen and oxygen atoms in total. The van der Waals surface area contributed by atoms with Crippen molar-refractivity contribution in [2.24, 2.45) is 0 Å². The van der Waals surface area contributed by atoms with Crippen molar-refractivity contribution in [3.8, 4) is 23.1 Å². The van der Waals surface area contributed by atoms with Crippen molar-refractivity contribution in [2.75, 3.05) is 19.5 Å². The number of carboxylic acid groups (broad SMARTS) is 1. The number of methoxy groups -OCH3 is 2. The summed E-state index contributed by atoms with van der Waals surface area (Å²) in [5.41, 5.74) is 1.68. The number of hydrogen-bond donors (Lipinski definition) is 4. The summed E-state index contributed by atoms with van der Waals surface area (Å²) in [6.45, 7) is 1.84. The minimum atomic E-state index is -5.08. The maximum Gasteiger partial charge on any atom is 0.490 e. The summed E-state index contributed by atoms with van der Waals surface area (Å²) in [4.78, 5) is 26.1. The van der Waals surface area contributed by atoms with Gasteiger partial charge in [-0.05, 0) is 25.1 Å². The van der Waals surface area contributed by atoms with Crippen LogP contribution in [0.1, 0.15) is 5.69 Å². The largest absolute Gasteiger partial charge is 0.507 e. The number of halogens is 3. The van der Waals surface area contributed by atoms with E-state index in [-0.39, 0.29) is 28.9 Å². The molecule has 0 saturated carbocycles. The fourth-order valence-corrected chi connectivity index (χ4v) is 2.95. The van der Waals surface area contributed by atoms with E-state index < -0.39 is 12.1 Å². The van der Waals surface area contributed by atoms with Gasteiger partial charge < -0.3 is 24.8 Å². The average Bonchev–Trinajstić information content (AvgIpc) is 2.78. The minimum absolute atomic E-state index is 0.0989. The van der Waals surface area contributed by atoms with Crippen molar-refractivity contribution in [1.82, 2.24) is 19.9 Å². The molecule has 0 bridgehead atoms. The van der Waals surface area contributed by atoms with Crippen LogP contribution in [0.15, 0.2) is 30.3 Å². The Balaban J connectivity index is 0.000000429. The number of rotatable bonds is 4. The molecule has 0 aliphatic carbocycles. The molecule has 0 aliphatic heterocycles. The second kappa shape index (κ2) is 9.70. The number of carboxylic acids is 1. The molecule has 0 aliphatic rings. The number of phenolic OH excluding ortho intramolecular Hbond substituents is 1. The highest BCUT2D eigenvalue weighted by Gasteiger charge is 2.38. The number of nitrogens with one attached hydrogen (secondary N) is 1. The molecule has 0 unspecified atom stereocenters. The van der Waals surface area contributed by atoms with Crippen LogP contribution in [0.2, 0.25) is 0 Å². The van der Waals surface area contributed by atoms with Gasteiger partial charge in [-0.3, -0.25) is 5.32 Å². The predicted octanol–water partition coefficient (Wildman–Crippen LogP) is 3.69. The molecule has 0 spiro atoms. The van der Waals surface area contributed by atoms with Gasteiger partial charge >= 0.3 is 12.1 Å². The van der Waals surface area contributed by atoms with E-state index in [0.29, 0.717) is 28.2 Å². The first-order valence-corrected chi connectivity index (χ1v) is 9.60. The summed E-state index contributed by atoms with van der Waals surface area (Å²) < 4.78 is 42.4. The van der Waals surface area contributed by atoms with E-state index >= 15 is 0 Å². The number of phenols is 1. The number of aromatic hydroxyl groups is 2. The molecule has 0 saturated heterocycles. The fourth-order valence-electron chi connectivity index (χ4n) is 2.95. The van der Waals surface area contributed by atoms with Crippen LogP contribution < -0.4 is 14.8 Å². The topological polar surface area (TPSA) is 160 Å². The molecule has 2 heterocycles. The number of carbonyl (C=O) groups is 1. The van der Waals surface area contributed by atoms with Gasteiger partial charge in [-0.1, -0.05) is 6.07 Å². The maximum atomic E-state index is 10.6. The zero-order valence-electron chi connectivity index (χ0n) is 18.4. The zero-order chi connectivity index (χ0) is 25.9. The second-order valence-electron chi connectivity index (χ2n) is 6.83.